The molecule has 0 fully saturated rings. The quantitative estimate of drug-likeness (QED) is 0.774. The Balaban J connectivity index is 2.86. The summed E-state index contributed by atoms with van der Waals surface area (Å²) >= 11 is 0. The summed E-state index contributed by atoms with van der Waals surface area (Å²) in [6.45, 7) is 0. The molecule has 0 aliphatic heterocycles. The van der Waals surface area contributed by atoms with E-state index in [2.05, 4.69) is 9.97 Å². The van der Waals surface area contributed by atoms with E-state index in [0.29, 0.717) is 10.9 Å². The molecule has 1 aromatic heterocycles. The van der Waals surface area contributed by atoms with Crippen LogP contribution < -0.4 is 10.3 Å². The van der Waals surface area contributed by atoms with Crippen molar-refractivity contribution < 1.29 is 14.6 Å². The normalized spacial score (nSPS) is 10.3. The number of aromatic carboxylic acids is 1. The third kappa shape index (κ3) is 1.50. The summed E-state index contributed by atoms with van der Waals surface area (Å²) in [5.41, 5.74) is -0.0321. The molecule has 0 bridgehead atoms. The maximum atomic E-state index is 11.4. The highest BCUT2D eigenvalue weighted by Crippen LogP contribution is 2.22. The highest BCUT2D eigenvalue weighted by molar-refractivity contribution is 5.96. The van der Waals surface area contributed by atoms with Gasteiger partial charge in [-0.1, -0.05) is 0 Å². The SMILES string of the molecule is COc1cc2c(=O)[nH]cnc2cc1C(=O)O. The average molecular weight is 220 g/mol. The Labute approximate surface area is 89.5 Å². The van der Waals surface area contributed by atoms with E-state index in [-0.39, 0.29) is 16.9 Å². The third-order valence-corrected chi connectivity index (χ3v) is 2.19. The van der Waals surface area contributed by atoms with Gasteiger partial charge in [-0.2, -0.15) is 0 Å². The number of benzene rings is 1. The molecule has 6 nitrogen and oxygen atoms in total. The predicted octanol–water partition coefficient (Wildman–Crippen LogP) is 0.630. The predicted molar refractivity (Wildman–Crippen MR) is 55.9 cm³/mol. The van der Waals surface area contributed by atoms with Gasteiger partial charge in [0.1, 0.15) is 11.3 Å². The number of nitrogens with zero attached hydrogens (tertiary/aromatic N) is 1. The van der Waals surface area contributed by atoms with Crippen molar-refractivity contribution in [3.8, 4) is 5.75 Å². The fourth-order valence-corrected chi connectivity index (χ4v) is 1.43. The van der Waals surface area contributed by atoms with Gasteiger partial charge in [0, 0.05) is 0 Å². The standard InChI is InChI=1S/C10H8N2O4/c1-16-8-3-5-7(2-6(8)10(14)15)11-4-12-9(5)13/h2-4H,1H3,(H,14,15)(H,11,12,13). The molecule has 0 aliphatic carbocycles. The van der Waals surface area contributed by atoms with Crippen LogP contribution in [0.2, 0.25) is 0 Å². The Bertz CT molecular complexity index is 618. The van der Waals surface area contributed by atoms with Gasteiger partial charge in [-0.25, -0.2) is 9.78 Å². The second-order valence-electron chi connectivity index (χ2n) is 3.11. The molecule has 0 atom stereocenters. The molecule has 82 valence electrons. The molecule has 0 saturated carbocycles. The molecule has 0 amide bonds. The van der Waals surface area contributed by atoms with Crippen LogP contribution >= 0.6 is 0 Å². The zero-order valence-corrected chi connectivity index (χ0v) is 8.35. The van der Waals surface area contributed by atoms with Gasteiger partial charge >= 0.3 is 5.97 Å². The van der Waals surface area contributed by atoms with Gasteiger partial charge in [-0.05, 0) is 12.1 Å². The van der Waals surface area contributed by atoms with Crippen LogP contribution in [0.15, 0.2) is 23.3 Å². The first-order valence-corrected chi connectivity index (χ1v) is 4.42. The van der Waals surface area contributed by atoms with Gasteiger partial charge < -0.3 is 14.8 Å². The van der Waals surface area contributed by atoms with Gasteiger partial charge in [-0.3, -0.25) is 4.79 Å². The maximum absolute atomic E-state index is 11.4. The monoisotopic (exact) mass is 220 g/mol. The number of aromatic amines is 1. The number of ether oxygens (including phenoxy) is 1. The number of carboxylic acids is 1. The van der Waals surface area contributed by atoms with Crippen molar-refractivity contribution in [1.82, 2.24) is 9.97 Å². The number of methoxy groups -OCH3 is 1. The van der Waals surface area contributed by atoms with Gasteiger partial charge in [0.15, 0.2) is 0 Å². The minimum Gasteiger partial charge on any atom is -0.496 e. The van der Waals surface area contributed by atoms with Crippen molar-refractivity contribution in [2.45, 2.75) is 0 Å². The Morgan fingerprint density at radius 1 is 1.50 bits per heavy atom. The highest BCUT2D eigenvalue weighted by atomic mass is 16.5. The van der Waals surface area contributed by atoms with Crippen LogP contribution in [0.5, 0.6) is 5.75 Å². The van der Waals surface area contributed by atoms with Crippen LogP contribution in [-0.2, 0) is 0 Å². The first kappa shape index (κ1) is 10.2. The van der Waals surface area contributed by atoms with Crippen molar-refractivity contribution >= 4 is 16.9 Å². The van der Waals surface area contributed by atoms with E-state index < -0.39 is 5.97 Å². The van der Waals surface area contributed by atoms with Crippen molar-refractivity contribution in [2.24, 2.45) is 0 Å². The fraction of sp³-hybridized carbons (Fsp3) is 0.100. The van der Waals surface area contributed by atoms with Gasteiger partial charge in [0.25, 0.3) is 5.56 Å². The summed E-state index contributed by atoms with van der Waals surface area (Å²) in [6, 6.07) is 2.68. The lowest BCUT2D eigenvalue weighted by atomic mass is 10.1. The minimum atomic E-state index is -1.12. The second kappa shape index (κ2) is 3.65. The zero-order valence-electron chi connectivity index (χ0n) is 8.35. The first-order chi connectivity index (χ1) is 7.63. The van der Waals surface area contributed by atoms with Crippen molar-refractivity contribution in [3.63, 3.8) is 0 Å². The van der Waals surface area contributed by atoms with Crippen LogP contribution in [-0.4, -0.2) is 28.2 Å². The molecule has 6 heteroatoms. The number of fused-ring (bicyclic) bond motifs is 1. The number of aromatic nitrogens is 2. The molecule has 2 rings (SSSR count). The van der Waals surface area contributed by atoms with E-state index in [0.717, 1.165) is 0 Å². The summed E-state index contributed by atoms with van der Waals surface area (Å²) in [7, 11) is 1.35. The summed E-state index contributed by atoms with van der Waals surface area (Å²) in [5, 5.41) is 9.23. The number of nitrogens with one attached hydrogen (secondary N) is 1. The molecule has 16 heavy (non-hydrogen) atoms. The minimum absolute atomic E-state index is 0.0203. The number of hydrogen-bond acceptors (Lipinski definition) is 4. The zero-order chi connectivity index (χ0) is 11.7. The lowest BCUT2D eigenvalue weighted by Gasteiger charge is -2.05. The molecule has 1 heterocycles. The van der Waals surface area contributed by atoms with Crippen molar-refractivity contribution in [2.75, 3.05) is 7.11 Å². The Morgan fingerprint density at radius 3 is 2.88 bits per heavy atom. The largest absolute Gasteiger partial charge is 0.496 e. The summed E-state index contributed by atoms with van der Waals surface area (Å²) in [5.74, 6) is -0.987. The first-order valence-electron chi connectivity index (χ1n) is 4.42. The van der Waals surface area contributed by atoms with Crippen LogP contribution in [0.25, 0.3) is 10.9 Å². The summed E-state index contributed by atoms with van der Waals surface area (Å²) in [4.78, 5) is 28.6. The average Bonchev–Trinajstić information content (AvgIpc) is 2.28. The molecule has 0 unspecified atom stereocenters. The van der Waals surface area contributed by atoms with Crippen molar-refractivity contribution in [1.29, 1.82) is 0 Å². The molecule has 2 aromatic rings. The Morgan fingerprint density at radius 2 is 2.25 bits per heavy atom. The number of carbonyl (C=O) groups is 1. The summed E-state index contributed by atoms with van der Waals surface area (Å²) in [6.07, 6.45) is 1.22. The van der Waals surface area contributed by atoms with Gasteiger partial charge in [0.2, 0.25) is 0 Å². The topological polar surface area (TPSA) is 92.3 Å². The lowest BCUT2D eigenvalue weighted by Crippen LogP contribution is -2.08. The lowest BCUT2D eigenvalue weighted by molar-refractivity contribution is 0.0693. The smallest absolute Gasteiger partial charge is 0.339 e. The van der Waals surface area contributed by atoms with E-state index in [4.69, 9.17) is 9.84 Å². The molecule has 0 saturated heterocycles. The van der Waals surface area contributed by atoms with Crippen molar-refractivity contribution in [3.05, 3.63) is 34.4 Å². The fourth-order valence-electron chi connectivity index (χ4n) is 1.43. The van der Waals surface area contributed by atoms with Crippen LogP contribution in [0.4, 0.5) is 0 Å². The molecular formula is C10H8N2O4. The molecule has 1 aromatic carbocycles. The third-order valence-electron chi connectivity index (χ3n) is 2.19. The van der Waals surface area contributed by atoms with E-state index >= 15 is 0 Å². The van der Waals surface area contributed by atoms with E-state index in [9.17, 15) is 9.59 Å². The van der Waals surface area contributed by atoms with E-state index in [1.165, 1.54) is 25.6 Å². The Kier molecular flexibility index (Phi) is 2.32. The maximum Gasteiger partial charge on any atom is 0.339 e. The molecule has 2 N–H and O–H groups in total. The van der Waals surface area contributed by atoms with Crippen LogP contribution in [0.3, 0.4) is 0 Å². The highest BCUT2D eigenvalue weighted by Gasteiger charge is 2.13. The van der Waals surface area contributed by atoms with Gasteiger partial charge in [-0.15, -0.1) is 0 Å². The number of carboxylic acid groups (broad SMARTS) is 1. The Hall–Kier alpha value is -2.37. The summed E-state index contributed by atoms with van der Waals surface area (Å²) < 4.78 is 4.91. The molecule has 0 aliphatic rings. The van der Waals surface area contributed by atoms with Gasteiger partial charge in [0.05, 0.1) is 24.3 Å². The molecule has 0 spiro atoms. The second-order valence-corrected chi connectivity index (χ2v) is 3.11. The number of rotatable bonds is 2. The molecular weight excluding hydrogens is 212 g/mol. The number of hydrogen-bond donors (Lipinski definition) is 2. The van der Waals surface area contributed by atoms with Crippen LogP contribution in [0.1, 0.15) is 10.4 Å². The van der Waals surface area contributed by atoms with E-state index in [1.807, 2.05) is 0 Å². The van der Waals surface area contributed by atoms with Crippen LogP contribution in [0, 0.1) is 0 Å². The molecule has 0 radical (unpaired) electrons. The number of H-pyrrole nitrogens is 1. The van der Waals surface area contributed by atoms with E-state index in [1.54, 1.807) is 0 Å².